The van der Waals surface area contributed by atoms with E-state index in [9.17, 15) is 9.59 Å². The normalized spacial score (nSPS) is 11.9. The Balaban J connectivity index is 1.65. The van der Waals surface area contributed by atoms with Crippen LogP contribution in [0.3, 0.4) is 0 Å². The van der Waals surface area contributed by atoms with Crippen LogP contribution in [0.4, 0.5) is 10.6 Å². The maximum Gasteiger partial charge on any atom is 0.412 e. The minimum atomic E-state index is -0.705. The molecule has 13 heteroatoms. The highest BCUT2D eigenvalue weighted by Crippen LogP contribution is 2.22. The summed E-state index contributed by atoms with van der Waals surface area (Å²) in [4.78, 5) is 36.6. The second-order valence-corrected chi connectivity index (χ2v) is 6.98. The van der Waals surface area contributed by atoms with Gasteiger partial charge in [0.25, 0.3) is 5.91 Å². The summed E-state index contributed by atoms with van der Waals surface area (Å²) in [7, 11) is 1.41. The number of fused-ring (bicyclic) bond motifs is 1. The zero-order chi connectivity index (χ0) is 22.5. The van der Waals surface area contributed by atoms with E-state index in [-0.39, 0.29) is 41.5 Å². The van der Waals surface area contributed by atoms with E-state index in [1.807, 2.05) is 6.92 Å². The number of amides is 2. The maximum absolute atomic E-state index is 12.7. The van der Waals surface area contributed by atoms with Crippen LogP contribution in [-0.2, 0) is 11.3 Å². The van der Waals surface area contributed by atoms with Gasteiger partial charge in [0.05, 0.1) is 12.8 Å². The quantitative estimate of drug-likeness (QED) is 0.481. The smallest absolute Gasteiger partial charge is 0.406 e. The van der Waals surface area contributed by atoms with Gasteiger partial charge in [-0.3, -0.25) is 4.79 Å². The third kappa shape index (κ3) is 5.55. The van der Waals surface area contributed by atoms with Crippen LogP contribution < -0.4 is 21.1 Å². The topological polar surface area (TPSA) is 159 Å². The van der Waals surface area contributed by atoms with Crippen molar-refractivity contribution in [2.24, 2.45) is 0 Å². The van der Waals surface area contributed by atoms with Crippen LogP contribution in [0.25, 0.3) is 5.65 Å². The molecule has 0 aliphatic heterocycles. The molecule has 3 heterocycles. The van der Waals surface area contributed by atoms with Crippen LogP contribution in [0, 0.1) is 6.92 Å². The molecular formula is C18H21ClN8O4. The van der Waals surface area contributed by atoms with Crippen molar-refractivity contribution >= 4 is 35.1 Å². The lowest BCUT2D eigenvalue weighted by Gasteiger charge is -2.14. The molecule has 0 fully saturated rings. The number of carbonyl (C=O) groups excluding carboxylic acids is 2. The minimum absolute atomic E-state index is 0.0206. The molecule has 0 aliphatic rings. The molecule has 0 saturated carbocycles. The van der Waals surface area contributed by atoms with Gasteiger partial charge in [-0.2, -0.15) is 5.10 Å². The molecule has 1 unspecified atom stereocenters. The first-order valence-electron chi connectivity index (χ1n) is 9.19. The van der Waals surface area contributed by atoms with Crippen molar-refractivity contribution in [3.63, 3.8) is 0 Å². The number of nitrogens with one attached hydrogen (secondary N) is 2. The van der Waals surface area contributed by atoms with Gasteiger partial charge in [0.1, 0.15) is 12.4 Å². The van der Waals surface area contributed by atoms with E-state index < -0.39 is 12.0 Å². The number of imidazole rings is 1. The SMILES string of the molecule is CNC(=O)Oc1cc(Cl)nn2c(C(=O)NC(C)COCc3nc(C)cc(N)n3)cnc12. The Kier molecular flexibility index (Phi) is 6.82. The standard InChI is InChI=1S/C18H21ClN8O4/c1-9-4-14(20)25-15(23-9)8-30-7-10(2)24-17(28)11-6-22-16-12(31-18(29)21-3)5-13(19)26-27(11)16/h4-6,10H,7-8H2,1-3H3,(H,21,29)(H,24,28)(H2,20,23,25). The Hall–Kier alpha value is -3.51. The zero-order valence-electron chi connectivity index (χ0n) is 17.0. The summed E-state index contributed by atoms with van der Waals surface area (Å²) in [6, 6.07) is 2.64. The molecule has 0 aromatic carbocycles. The van der Waals surface area contributed by atoms with Crippen LogP contribution in [0.1, 0.15) is 28.9 Å². The largest absolute Gasteiger partial charge is 0.412 e. The lowest BCUT2D eigenvalue weighted by molar-refractivity contribution is 0.0799. The minimum Gasteiger partial charge on any atom is -0.406 e. The molecule has 31 heavy (non-hydrogen) atoms. The van der Waals surface area contributed by atoms with Gasteiger partial charge in [-0.05, 0) is 13.8 Å². The summed E-state index contributed by atoms with van der Waals surface area (Å²) in [5, 5.41) is 9.18. The molecule has 3 aromatic rings. The molecule has 164 valence electrons. The lowest BCUT2D eigenvalue weighted by Crippen LogP contribution is -2.36. The fourth-order valence-electron chi connectivity index (χ4n) is 2.68. The van der Waals surface area contributed by atoms with E-state index in [4.69, 9.17) is 26.8 Å². The van der Waals surface area contributed by atoms with Crippen LogP contribution in [0.15, 0.2) is 18.3 Å². The predicted octanol–water partition coefficient (Wildman–Crippen LogP) is 1.12. The van der Waals surface area contributed by atoms with E-state index in [0.29, 0.717) is 11.6 Å². The third-order valence-corrected chi connectivity index (χ3v) is 4.13. The molecular weight excluding hydrogens is 428 g/mol. The zero-order valence-corrected chi connectivity index (χ0v) is 17.8. The third-order valence-electron chi connectivity index (χ3n) is 3.94. The van der Waals surface area contributed by atoms with Crippen LogP contribution >= 0.6 is 11.6 Å². The highest BCUT2D eigenvalue weighted by atomic mass is 35.5. The highest BCUT2D eigenvalue weighted by Gasteiger charge is 2.20. The number of aromatic nitrogens is 5. The first-order chi connectivity index (χ1) is 14.8. The first kappa shape index (κ1) is 22.2. The summed E-state index contributed by atoms with van der Waals surface area (Å²) >= 11 is 5.99. The number of ether oxygens (including phenoxy) is 2. The van der Waals surface area contributed by atoms with Crippen molar-refractivity contribution < 1.29 is 19.1 Å². The maximum atomic E-state index is 12.7. The number of halogens is 1. The van der Waals surface area contributed by atoms with E-state index >= 15 is 0 Å². The number of hydrogen-bond acceptors (Lipinski definition) is 9. The molecule has 0 radical (unpaired) electrons. The van der Waals surface area contributed by atoms with Crippen molar-refractivity contribution in [3.8, 4) is 5.75 Å². The van der Waals surface area contributed by atoms with Gasteiger partial charge in [0.2, 0.25) is 0 Å². The molecule has 3 aromatic heterocycles. The van der Waals surface area contributed by atoms with Gasteiger partial charge < -0.3 is 25.8 Å². The second-order valence-electron chi connectivity index (χ2n) is 6.59. The van der Waals surface area contributed by atoms with Crippen molar-refractivity contribution in [2.45, 2.75) is 26.5 Å². The molecule has 0 spiro atoms. The van der Waals surface area contributed by atoms with Crippen molar-refractivity contribution in [2.75, 3.05) is 19.4 Å². The van der Waals surface area contributed by atoms with Gasteiger partial charge in [0.15, 0.2) is 28.1 Å². The van der Waals surface area contributed by atoms with Crippen LogP contribution in [0.5, 0.6) is 5.75 Å². The number of nitrogen functional groups attached to an aromatic ring is 1. The average molecular weight is 449 g/mol. The van der Waals surface area contributed by atoms with Gasteiger partial charge in [-0.1, -0.05) is 11.6 Å². The van der Waals surface area contributed by atoms with E-state index in [0.717, 1.165) is 5.69 Å². The number of aryl methyl sites for hydroxylation is 1. The second kappa shape index (κ2) is 9.53. The Labute approximate surface area is 182 Å². The number of nitrogens with zero attached hydrogens (tertiary/aromatic N) is 5. The van der Waals surface area contributed by atoms with Crippen LogP contribution in [0.2, 0.25) is 5.15 Å². The highest BCUT2D eigenvalue weighted by molar-refractivity contribution is 6.29. The summed E-state index contributed by atoms with van der Waals surface area (Å²) in [5.74, 6) is 0.429. The molecule has 0 aliphatic carbocycles. The summed E-state index contributed by atoms with van der Waals surface area (Å²) in [5.41, 5.74) is 6.71. The number of carbonyl (C=O) groups is 2. The predicted molar refractivity (Wildman–Crippen MR) is 111 cm³/mol. The monoisotopic (exact) mass is 448 g/mol. The number of rotatable bonds is 7. The van der Waals surface area contributed by atoms with Crippen LogP contribution in [-0.4, -0.2) is 56.3 Å². The fourth-order valence-corrected chi connectivity index (χ4v) is 2.85. The molecule has 2 amide bonds. The van der Waals surface area contributed by atoms with Crippen molar-refractivity contribution in [1.29, 1.82) is 0 Å². The van der Waals surface area contributed by atoms with E-state index in [1.54, 1.807) is 13.0 Å². The molecule has 0 bridgehead atoms. The number of anilines is 1. The Morgan fingerprint density at radius 1 is 1.32 bits per heavy atom. The summed E-state index contributed by atoms with van der Waals surface area (Å²) in [6.45, 7) is 3.94. The van der Waals surface area contributed by atoms with E-state index in [2.05, 4.69) is 30.7 Å². The van der Waals surface area contributed by atoms with Gasteiger partial charge in [-0.15, -0.1) is 0 Å². The van der Waals surface area contributed by atoms with E-state index in [1.165, 1.54) is 23.8 Å². The Bertz CT molecular complexity index is 1100. The lowest BCUT2D eigenvalue weighted by atomic mass is 10.3. The molecule has 3 rings (SSSR count). The molecule has 0 saturated heterocycles. The van der Waals surface area contributed by atoms with Gasteiger partial charge in [0, 0.05) is 30.9 Å². The number of hydrogen-bond donors (Lipinski definition) is 3. The summed E-state index contributed by atoms with van der Waals surface area (Å²) < 4.78 is 11.9. The summed E-state index contributed by atoms with van der Waals surface area (Å²) in [6.07, 6.45) is 0.602. The number of nitrogens with two attached hydrogens (primary N) is 1. The van der Waals surface area contributed by atoms with Gasteiger partial charge >= 0.3 is 6.09 Å². The first-order valence-corrected chi connectivity index (χ1v) is 9.57. The average Bonchev–Trinajstić information content (AvgIpc) is 3.11. The van der Waals surface area contributed by atoms with Gasteiger partial charge in [-0.25, -0.2) is 24.3 Å². The molecule has 1 atom stereocenters. The van der Waals surface area contributed by atoms with Crippen molar-refractivity contribution in [3.05, 3.63) is 40.7 Å². The Morgan fingerprint density at radius 2 is 2.10 bits per heavy atom. The Morgan fingerprint density at radius 3 is 2.81 bits per heavy atom. The van der Waals surface area contributed by atoms with Crippen molar-refractivity contribution in [1.82, 2.24) is 35.2 Å². The molecule has 12 nitrogen and oxygen atoms in total. The molecule has 4 N–H and O–H groups in total. The fraction of sp³-hybridized carbons (Fsp3) is 0.333.